The van der Waals surface area contributed by atoms with Gasteiger partial charge in [0.15, 0.2) is 23.0 Å². The molecule has 0 amide bonds. The third-order valence-electron chi connectivity index (χ3n) is 4.63. The summed E-state index contributed by atoms with van der Waals surface area (Å²) in [4.78, 5) is 11.1. The molecule has 0 bridgehead atoms. The summed E-state index contributed by atoms with van der Waals surface area (Å²) in [6.07, 6.45) is 3.59. The quantitative estimate of drug-likeness (QED) is 0.446. The van der Waals surface area contributed by atoms with Crippen molar-refractivity contribution in [1.82, 2.24) is 9.97 Å². The second-order valence-corrected chi connectivity index (χ2v) is 7.25. The second kappa shape index (κ2) is 8.05. The van der Waals surface area contributed by atoms with Crippen molar-refractivity contribution >= 4 is 33.6 Å². The van der Waals surface area contributed by atoms with Gasteiger partial charge < -0.3 is 18.9 Å². The lowest BCUT2D eigenvalue weighted by molar-refractivity contribution is 0.355. The van der Waals surface area contributed by atoms with Crippen molar-refractivity contribution in [1.29, 1.82) is 0 Å². The van der Waals surface area contributed by atoms with Crippen molar-refractivity contribution in [2.24, 2.45) is 0 Å². The van der Waals surface area contributed by atoms with Crippen LogP contribution in [0.5, 0.6) is 23.0 Å². The van der Waals surface area contributed by atoms with Crippen LogP contribution in [0.1, 0.15) is 0 Å². The number of methoxy groups -OCH3 is 4. The highest BCUT2D eigenvalue weighted by molar-refractivity contribution is 7.99. The number of fused-ring (bicyclic) bond motifs is 2. The van der Waals surface area contributed by atoms with E-state index in [1.807, 2.05) is 36.4 Å². The molecule has 2 aromatic carbocycles. The maximum absolute atomic E-state index is 5.47. The van der Waals surface area contributed by atoms with E-state index in [-0.39, 0.29) is 0 Å². The first-order valence-electron chi connectivity index (χ1n) is 8.87. The average Bonchev–Trinajstić information content (AvgIpc) is 2.77. The molecule has 0 unspecified atom stereocenters. The molecule has 0 saturated carbocycles. The number of nitrogens with zero attached hydrogens (tertiary/aromatic N) is 2. The molecule has 0 radical (unpaired) electrons. The summed E-state index contributed by atoms with van der Waals surface area (Å²) in [6, 6.07) is 11.7. The fourth-order valence-corrected chi connectivity index (χ4v) is 4.23. The Kier molecular flexibility index (Phi) is 5.31. The van der Waals surface area contributed by atoms with Gasteiger partial charge in [-0.2, -0.15) is 0 Å². The van der Waals surface area contributed by atoms with Gasteiger partial charge in [0.25, 0.3) is 0 Å². The molecule has 2 aromatic heterocycles. The molecule has 0 atom stereocenters. The molecule has 2 heterocycles. The summed E-state index contributed by atoms with van der Waals surface area (Å²) in [5.74, 6) is 2.64. The van der Waals surface area contributed by atoms with Crippen molar-refractivity contribution < 1.29 is 18.9 Å². The van der Waals surface area contributed by atoms with E-state index in [1.54, 1.807) is 52.6 Å². The zero-order valence-corrected chi connectivity index (χ0v) is 17.4. The molecular formula is C22H20N2O4S. The normalized spacial score (nSPS) is 10.9. The Bertz CT molecular complexity index is 1100. The first kappa shape index (κ1) is 19.1. The van der Waals surface area contributed by atoms with Crippen LogP contribution in [0.25, 0.3) is 21.8 Å². The number of pyridine rings is 2. The third kappa shape index (κ3) is 3.49. The molecule has 29 heavy (non-hydrogen) atoms. The molecule has 0 aliphatic carbocycles. The maximum atomic E-state index is 5.47. The van der Waals surface area contributed by atoms with Gasteiger partial charge in [-0.15, -0.1) is 0 Å². The van der Waals surface area contributed by atoms with Crippen LogP contribution in [0.2, 0.25) is 0 Å². The van der Waals surface area contributed by atoms with Crippen LogP contribution in [0.15, 0.2) is 58.6 Å². The average molecular weight is 408 g/mol. The Morgan fingerprint density at radius 1 is 0.586 bits per heavy atom. The minimum absolute atomic E-state index is 0.654. The van der Waals surface area contributed by atoms with Crippen molar-refractivity contribution in [3.8, 4) is 23.0 Å². The summed E-state index contributed by atoms with van der Waals surface area (Å²) in [7, 11) is 6.49. The SMILES string of the molecule is COc1cc2nccc(Sc3ccnc4cc(OC)c(OC)cc34)c2cc1OC. The van der Waals surface area contributed by atoms with E-state index in [0.717, 1.165) is 31.6 Å². The Hall–Kier alpha value is -3.19. The molecule has 0 N–H and O–H groups in total. The maximum Gasteiger partial charge on any atom is 0.162 e. The number of rotatable bonds is 6. The van der Waals surface area contributed by atoms with Gasteiger partial charge in [-0.05, 0) is 24.3 Å². The standard InChI is InChI=1S/C22H20N2O4S/c1-25-17-9-13-15(11-19(17)27-3)23-7-5-21(13)29-22-6-8-24-16-12-20(28-4)18(26-2)10-14(16)22/h5-12H,1-4H3. The smallest absolute Gasteiger partial charge is 0.162 e. The van der Waals surface area contributed by atoms with E-state index < -0.39 is 0 Å². The van der Waals surface area contributed by atoms with Crippen LogP contribution in [0.4, 0.5) is 0 Å². The van der Waals surface area contributed by atoms with Crippen LogP contribution in [-0.4, -0.2) is 38.4 Å². The molecule has 0 fully saturated rings. The van der Waals surface area contributed by atoms with Crippen LogP contribution in [-0.2, 0) is 0 Å². The van der Waals surface area contributed by atoms with Crippen molar-refractivity contribution in [2.75, 3.05) is 28.4 Å². The summed E-state index contributed by atoms with van der Waals surface area (Å²) < 4.78 is 21.7. The lowest BCUT2D eigenvalue weighted by Gasteiger charge is -2.13. The van der Waals surface area contributed by atoms with E-state index in [2.05, 4.69) is 9.97 Å². The molecule has 4 rings (SSSR count). The monoisotopic (exact) mass is 408 g/mol. The largest absolute Gasteiger partial charge is 0.493 e. The first-order chi connectivity index (χ1) is 14.2. The molecule has 0 aliphatic heterocycles. The molecule has 0 saturated heterocycles. The molecule has 148 valence electrons. The van der Waals surface area contributed by atoms with Gasteiger partial charge in [0, 0.05) is 45.1 Å². The number of hydrogen-bond acceptors (Lipinski definition) is 7. The molecule has 7 heteroatoms. The highest BCUT2D eigenvalue weighted by Gasteiger charge is 2.14. The van der Waals surface area contributed by atoms with Gasteiger partial charge in [0.05, 0.1) is 39.5 Å². The minimum Gasteiger partial charge on any atom is -0.493 e. The zero-order chi connectivity index (χ0) is 20.4. The van der Waals surface area contributed by atoms with E-state index in [4.69, 9.17) is 18.9 Å². The summed E-state index contributed by atoms with van der Waals surface area (Å²) in [6.45, 7) is 0. The topological polar surface area (TPSA) is 62.7 Å². The van der Waals surface area contributed by atoms with Gasteiger partial charge in [-0.3, -0.25) is 9.97 Å². The lowest BCUT2D eigenvalue weighted by atomic mass is 10.2. The molecule has 4 aromatic rings. The second-order valence-electron chi connectivity index (χ2n) is 6.17. The van der Waals surface area contributed by atoms with Gasteiger partial charge >= 0.3 is 0 Å². The number of hydrogen-bond donors (Lipinski definition) is 0. The van der Waals surface area contributed by atoms with Crippen LogP contribution in [0, 0.1) is 0 Å². The van der Waals surface area contributed by atoms with Crippen LogP contribution in [0.3, 0.4) is 0 Å². The summed E-state index contributed by atoms with van der Waals surface area (Å²) in [5, 5.41) is 1.97. The van der Waals surface area contributed by atoms with E-state index >= 15 is 0 Å². The van der Waals surface area contributed by atoms with Gasteiger partial charge in [0.2, 0.25) is 0 Å². The zero-order valence-electron chi connectivity index (χ0n) is 16.6. The van der Waals surface area contributed by atoms with Crippen molar-refractivity contribution in [3.63, 3.8) is 0 Å². The highest BCUT2D eigenvalue weighted by atomic mass is 32.2. The Balaban J connectivity index is 1.85. The summed E-state index contributed by atoms with van der Waals surface area (Å²) in [5.41, 5.74) is 1.68. The number of ether oxygens (including phenoxy) is 4. The first-order valence-corrected chi connectivity index (χ1v) is 9.69. The van der Waals surface area contributed by atoms with Crippen molar-refractivity contribution in [2.45, 2.75) is 9.79 Å². The molecular weight excluding hydrogens is 388 g/mol. The Morgan fingerprint density at radius 2 is 0.966 bits per heavy atom. The molecule has 6 nitrogen and oxygen atoms in total. The van der Waals surface area contributed by atoms with E-state index in [9.17, 15) is 0 Å². The predicted octanol–water partition coefficient (Wildman–Crippen LogP) is 4.97. The van der Waals surface area contributed by atoms with E-state index in [1.165, 1.54) is 0 Å². The minimum atomic E-state index is 0.654. The van der Waals surface area contributed by atoms with Gasteiger partial charge in [-0.1, -0.05) is 11.8 Å². The number of benzene rings is 2. The Morgan fingerprint density at radius 3 is 1.34 bits per heavy atom. The fraction of sp³-hybridized carbons (Fsp3) is 0.182. The molecule has 0 spiro atoms. The third-order valence-corrected chi connectivity index (χ3v) is 5.79. The lowest BCUT2D eigenvalue weighted by Crippen LogP contribution is -1.93. The van der Waals surface area contributed by atoms with Crippen LogP contribution >= 0.6 is 11.8 Å². The highest BCUT2D eigenvalue weighted by Crippen LogP contribution is 2.41. The predicted molar refractivity (Wildman–Crippen MR) is 114 cm³/mol. The van der Waals surface area contributed by atoms with Gasteiger partial charge in [0.1, 0.15) is 0 Å². The van der Waals surface area contributed by atoms with Crippen molar-refractivity contribution in [3.05, 3.63) is 48.8 Å². The van der Waals surface area contributed by atoms with E-state index in [0.29, 0.717) is 23.0 Å². The summed E-state index contributed by atoms with van der Waals surface area (Å²) >= 11 is 1.64. The number of aromatic nitrogens is 2. The molecule has 0 aliphatic rings. The van der Waals surface area contributed by atoms with Gasteiger partial charge in [-0.25, -0.2) is 0 Å². The fourth-order valence-electron chi connectivity index (χ4n) is 3.19. The van der Waals surface area contributed by atoms with Crippen LogP contribution < -0.4 is 18.9 Å². The Labute approximate surface area is 172 Å².